The SMILES string of the molecule is COc1c(C)cc(Cl)cc1C(F)(F)CCO. The number of methoxy groups -OCH3 is 1. The van der Waals surface area contributed by atoms with Gasteiger partial charge in [0, 0.05) is 18.1 Å². The van der Waals surface area contributed by atoms with Gasteiger partial charge in [0.05, 0.1) is 12.7 Å². The summed E-state index contributed by atoms with van der Waals surface area (Å²) in [4.78, 5) is 0. The van der Waals surface area contributed by atoms with Crippen molar-refractivity contribution >= 4 is 11.6 Å². The first-order chi connectivity index (χ1) is 7.42. The zero-order valence-electron chi connectivity index (χ0n) is 9.06. The van der Waals surface area contributed by atoms with Gasteiger partial charge in [-0.05, 0) is 24.6 Å². The summed E-state index contributed by atoms with van der Waals surface area (Å²) in [6, 6.07) is 2.72. The summed E-state index contributed by atoms with van der Waals surface area (Å²) in [5, 5.41) is 8.84. The molecule has 0 saturated carbocycles. The Bertz CT molecular complexity index is 380. The predicted molar refractivity (Wildman–Crippen MR) is 58.3 cm³/mol. The van der Waals surface area contributed by atoms with E-state index in [1.807, 2.05) is 0 Å². The van der Waals surface area contributed by atoms with Gasteiger partial charge < -0.3 is 9.84 Å². The van der Waals surface area contributed by atoms with Crippen molar-refractivity contribution in [2.75, 3.05) is 13.7 Å². The summed E-state index contributed by atoms with van der Waals surface area (Å²) in [5.74, 6) is -3.03. The van der Waals surface area contributed by atoms with Crippen molar-refractivity contribution in [2.24, 2.45) is 0 Å². The number of hydrogen-bond acceptors (Lipinski definition) is 2. The Labute approximate surface area is 97.8 Å². The maximum absolute atomic E-state index is 13.7. The number of aliphatic hydroxyl groups is 1. The molecule has 0 radical (unpaired) electrons. The highest BCUT2D eigenvalue weighted by Crippen LogP contribution is 2.40. The Morgan fingerprint density at radius 1 is 1.44 bits per heavy atom. The summed E-state index contributed by atoms with van der Waals surface area (Å²) in [5.41, 5.74) is 0.261. The molecular formula is C11H13ClF2O2. The average molecular weight is 251 g/mol. The highest BCUT2D eigenvalue weighted by Gasteiger charge is 2.35. The highest BCUT2D eigenvalue weighted by molar-refractivity contribution is 6.30. The lowest BCUT2D eigenvalue weighted by Gasteiger charge is -2.20. The van der Waals surface area contributed by atoms with Crippen molar-refractivity contribution in [2.45, 2.75) is 19.3 Å². The Hall–Kier alpha value is -0.870. The molecule has 90 valence electrons. The van der Waals surface area contributed by atoms with Gasteiger partial charge in [0.1, 0.15) is 5.75 Å². The van der Waals surface area contributed by atoms with Gasteiger partial charge in [-0.25, -0.2) is 8.78 Å². The molecule has 0 unspecified atom stereocenters. The Morgan fingerprint density at radius 2 is 2.06 bits per heavy atom. The van der Waals surface area contributed by atoms with E-state index in [1.165, 1.54) is 13.2 Å². The van der Waals surface area contributed by atoms with Crippen LogP contribution in [0.3, 0.4) is 0 Å². The molecule has 0 aliphatic heterocycles. The molecule has 1 aromatic rings. The summed E-state index contributed by atoms with van der Waals surface area (Å²) >= 11 is 5.73. The molecule has 0 saturated heterocycles. The van der Waals surface area contributed by atoms with Crippen LogP contribution in [0.4, 0.5) is 8.78 Å². The fraction of sp³-hybridized carbons (Fsp3) is 0.455. The van der Waals surface area contributed by atoms with Gasteiger partial charge in [0.25, 0.3) is 5.92 Å². The van der Waals surface area contributed by atoms with Crippen LogP contribution in [0.2, 0.25) is 5.02 Å². The second-order valence-electron chi connectivity index (χ2n) is 3.48. The number of benzene rings is 1. The molecule has 16 heavy (non-hydrogen) atoms. The van der Waals surface area contributed by atoms with Crippen LogP contribution in [-0.4, -0.2) is 18.8 Å². The predicted octanol–water partition coefficient (Wildman–Crippen LogP) is 3.13. The van der Waals surface area contributed by atoms with Gasteiger partial charge in [-0.3, -0.25) is 0 Å². The van der Waals surface area contributed by atoms with Crippen molar-refractivity contribution in [1.29, 1.82) is 0 Å². The first kappa shape index (κ1) is 13.2. The molecule has 0 aliphatic carbocycles. The van der Waals surface area contributed by atoms with E-state index >= 15 is 0 Å². The van der Waals surface area contributed by atoms with Gasteiger partial charge in [-0.2, -0.15) is 0 Å². The van der Waals surface area contributed by atoms with Crippen LogP contribution in [0.1, 0.15) is 17.5 Å². The van der Waals surface area contributed by atoms with Crippen LogP contribution < -0.4 is 4.74 Å². The van der Waals surface area contributed by atoms with E-state index < -0.39 is 19.0 Å². The average Bonchev–Trinajstić information content (AvgIpc) is 2.16. The van der Waals surface area contributed by atoms with E-state index in [2.05, 4.69) is 0 Å². The van der Waals surface area contributed by atoms with E-state index in [1.54, 1.807) is 13.0 Å². The minimum absolute atomic E-state index is 0.114. The second kappa shape index (κ2) is 4.97. The minimum Gasteiger partial charge on any atom is -0.496 e. The number of aliphatic hydroxyl groups excluding tert-OH is 1. The lowest BCUT2D eigenvalue weighted by Crippen LogP contribution is -2.17. The van der Waals surface area contributed by atoms with Crippen molar-refractivity contribution in [3.05, 3.63) is 28.3 Å². The van der Waals surface area contributed by atoms with Gasteiger partial charge in [-0.1, -0.05) is 11.6 Å². The third kappa shape index (κ3) is 2.62. The molecule has 0 heterocycles. The quantitative estimate of drug-likeness (QED) is 0.890. The standard InChI is InChI=1S/C11H13ClF2O2/c1-7-5-8(12)6-9(10(7)16-2)11(13,14)3-4-15/h5-6,15H,3-4H2,1-2H3. The first-order valence-corrected chi connectivity index (χ1v) is 5.13. The molecule has 1 aromatic carbocycles. The molecule has 0 aliphatic rings. The smallest absolute Gasteiger partial charge is 0.279 e. The maximum atomic E-state index is 13.7. The van der Waals surface area contributed by atoms with Crippen molar-refractivity contribution in [3.63, 3.8) is 0 Å². The first-order valence-electron chi connectivity index (χ1n) is 4.75. The fourth-order valence-electron chi connectivity index (χ4n) is 1.55. The van der Waals surface area contributed by atoms with E-state index in [4.69, 9.17) is 21.4 Å². The van der Waals surface area contributed by atoms with E-state index in [9.17, 15) is 8.78 Å². The van der Waals surface area contributed by atoms with Crippen LogP contribution in [0, 0.1) is 6.92 Å². The number of rotatable bonds is 4. The van der Waals surface area contributed by atoms with Gasteiger partial charge >= 0.3 is 0 Å². The van der Waals surface area contributed by atoms with E-state index in [0.717, 1.165) is 0 Å². The lowest BCUT2D eigenvalue weighted by atomic mass is 10.0. The molecule has 0 atom stereocenters. The minimum atomic E-state index is -3.14. The Balaban J connectivity index is 3.30. The van der Waals surface area contributed by atoms with Crippen LogP contribution in [0.15, 0.2) is 12.1 Å². The number of alkyl halides is 2. The third-order valence-corrected chi connectivity index (χ3v) is 2.48. The van der Waals surface area contributed by atoms with Gasteiger partial charge in [0.15, 0.2) is 0 Å². The van der Waals surface area contributed by atoms with Crippen LogP contribution in [-0.2, 0) is 5.92 Å². The molecule has 0 amide bonds. The Morgan fingerprint density at radius 3 is 2.56 bits per heavy atom. The zero-order chi connectivity index (χ0) is 12.3. The molecule has 0 fully saturated rings. The molecule has 0 aromatic heterocycles. The molecule has 0 spiro atoms. The number of aryl methyl sites for hydroxylation is 1. The molecule has 5 heteroatoms. The number of hydrogen-bond donors (Lipinski definition) is 1. The zero-order valence-corrected chi connectivity index (χ0v) is 9.81. The summed E-state index contributed by atoms with van der Waals surface area (Å²) < 4.78 is 32.3. The van der Waals surface area contributed by atoms with E-state index in [-0.39, 0.29) is 16.3 Å². The number of ether oxygens (including phenoxy) is 1. The van der Waals surface area contributed by atoms with E-state index in [0.29, 0.717) is 5.56 Å². The maximum Gasteiger partial charge on any atom is 0.279 e. The largest absolute Gasteiger partial charge is 0.496 e. The molecule has 1 rings (SSSR count). The molecular weight excluding hydrogens is 238 g/mol. The van der Waals surface area contributed by atoms with Crippen LogP contribution in [0.5, 0.6) is 5.75 Å². The monoisotopic (exact) mass is 250 g/mol. The summed E-state index contributed by atoms with van der Waals surface area (Å²) in [6.07, 6.45) is -0.650. The molecule has 0 bridgehead atoms. The van der Waals surface area contributed by atoms with Crippen molar-refractivity contribution < 1.29 is 18.6 Å². The highest BCUT2D eigenvalue weighted by atomic mass is 35.5. The molecule has 1 N–H and O–H groups in total. The second-order valence-corrected chi connectivity index (χ2v) is 3.92. The van der Waals surface area contributed by atoms with Crippen LogP contribution >= 0.6 is 11.6 Å². The fourth-order valence-corrected chi connectivity index (χ4v) is 1.82. The van der Waals surface area contributed by atoms with Crippen molar-refractivity contribution in [1.82, 2.24) is 0 Å². The molecule has 2 nitrogen and oxygen atoms in total. The third-order valence-electron chi connectivity index (χ3n) is 2.26. The number of halogens is 3. The normalized spacial score (nSPS) is 11.6. The summed E-state index contributed by atoms with van der Waals surface area (Å²) in [7, 11) is 1.33. The van der Waals surface area contributed by atoms with Gasteiger partial charge in [-0.15, -0.1) is 0 Å². The van der Waals surface area contributed by atoms with Crippen LogP contribution in [0.25, 0.3) is 0 Å². The Kier molecular flexibility index (Phi) is 4.10. The topological polar surface area (TPSA) is 29.5 Å². The lowest BCUT2D eigenvalue weighted by molar-refractivity contribution is -0.0288. The van der Waals surface area contributed by atoms with Crippen molar-refractivity contribution in [3.8, 4) is 5.75 Å². The van der Waals surface area contributed by atoms with Gasteiger partial charge in [0.2, 0.25) is 0 Å². The summed E-state index contributed by atoms with van der Waals surface area (Å²) in [6.45, 7) is 1.05.